The molecule has 0 aliphatic carbocycles. The molecular formula is C20H19N3O4. The highest BCUT2D eigenvalue weighted by molar-refractivity contribution is 5.94. The Morgan fingerprint density at radius 3 is 2.89 bits per heavy atom. The molecule has 138 valence electrons. The summed E-state index contributed by atoms with van der Waals surface area (Å²) in [7, 11) is 0. The van der Waals surface area contributed by atoms with Gasteiger partial charge in [0.1, 0.15) is 17.3 Å². The van der Waals surface area contributed by atoms with Gasteiger partial charge in [-0.1, -0.05) is 12.1 Å². The molecule has 1 atom stereocenters. The number of aromatic carboxylic acids is 1. The van der Waals surface area contributed by atoms with E-state index in [2.05, 4.69) is 10.4 Å². The molecule has 7 heteroatoms. The van der Waals surface area contributed by atoms with Gasteiger partial charge in [-0.05, 0) is 38.1 Å². The van der Waals surface area contributed by atoms with Crippen LogP contribution < -0.4 is 5.32 Å². The number of benzene rings is 1. The Bertz CT molecular complexity index is 1030. The second-order valence-corrected chi connectivity index (χ2v) is 6.88. The van der Waals surface area contributed by atoms with Gasteiger partial charge in [0.25, 0.3) is 0 Å². The van der Waals surface area contributed by atoms with Gasteiger partial charge in [-0.3, -0.25) is 4.79 Å². The van der Waals surface area contributed by atoms with E-state index in [0.717, 1.165) is 5.56 Å². The summed E-state index contributed by atoms with van der Waals surface area (Å²) >= 11 is 0. The van der Waals surface area contributed by atoms with Crippen LogP contribution in [-0.2, 0) is 4.79 Å². The molecule has 0 radical (unpaired) electrons. The van der Waals surface area contributed by atoms with Crippen LogP contribution in [0.4, 0.5) is 5.82 Å². The normalized spacial score (nSPS) is 16.3. The lowest BCUT2D eigenvalue weighted by Gasteiger charge is -2.23. The number of anilines is 1. The lowest BCUT2D eigenvalue weighted by Crippen LogP contribution is -2.25. The highest BCUT2D eigenvalue weighted by atomic mass is 16.4. The number of furan rings is 1. The van der Waals surface area contributed by atoms with Gasteiger partial charge in [-0.2, -0.15) is 5.10 Å². The second-order valence-electron chi connectivity index (χ2n) is 6.88. The van der Waals surface area contributed by atoms with Crippen LogP contribution in [-0.4, -0.2) is 26.8 Å². The first-order valence-electron chi connectivity index (χ1n) is 8.74. The molecule has 2 N–H and O–H groups in total. The second kappa shape index (κ2) is 6.42. The summed E-state index contributed by atoms with van der Waals surface area (Å²) in [5.74, 6) is 0.635. The molecule has 7 nitrogen and oxygen atoms in total. The molecule has 1 aromatic carbocycles. The van der Waals surface area contributed by atoms with Crippen molar-refractivity contribution in [3.8, 4) is 11.3 Å². The molecule has 0 fully saturated rings. The maximum absolute atomic E-state index is 12.2. The van der Waals surface area contributed by atoms with Crippen molar-refractivity contribution in [1.29, 1.82) is 0 Å². The maximum atomic E-state index is 12.2. The summed E-state index contributed by atoms with van der Waals surface area (Å²) in [6.45, 7) is 4.01. The number of carbonyl (C=O) groups excluding carboxylic acids is 1. The first-order chi connectivity index (χ1) is 12.9. The Kier molecular flexibility index (Phi) is 4.07. The smallest absolute Gasteiger partial charge is 0.335 e. The van der Waals surface area contributed by atoms with Crippen LogP contribution in [0.5, 0.6) is 0 Å². The van der Waals surface area contributed by atoms with E-state index in [4.69, 9.17) is 9.52 Å². The number of carboxylic acids is 1. The molecule has 2 aromatic heterocycles. The van der Waals surface area contributed by atoms with Gasteiger partial charge in [-0.25, -0.2) is 9.48 Å². The van der Waals surface area contributed by atoms with Crippen LogP contribution in [0.15, 0.2) is 47.0 Å². The Morgan fingerprint density at radius 1 is 1.33 bits per heavy atom. The predicted octanol–water partition coefficient (Wildman–Crippen LogP) is 3.90. The minimum Gasteiger partial charge on any atom is -0.478 e. The number of rotatable bonds is 4. The average Bonchev–Trinajstić information content (AvgIpc) is 3.28. The van der Waals surface area contributed by atoms with E-state index in [0.29, 0.717) is 22.9 Å². The third-order valence-electron chi connectivity index (χ3n) is 4.70. The number of carbonyl (C=O) groups is 2. The van der Waals surface area contributed by atoms with Crippen LogP contribution >= 0.6 is 0 Å². The zero-order chi connectivity index (χ0) is 19.1. The van der Waals surface area contributed by atoms with Crippen molar-refractivity contribution in [3.63, 3.8) is 0 Å². The lowest BCUT2D eigenvalue weighted by atomic mass is 9.92. The lowest BCUT2D eigenvalue weighted by molar-refractivity contribution is -0.116. The molecule has 1 aliphatic heterocycles. The number of hydrogen-bond donors (Lipinski definition) is 2. The molecule has 0 bridgehead atoms. The fourth-order valence-corrected chi connectivity index (χ4v) is 3.38. The van der Waals surface area contributed by atoms with E-state index in [1.165, 1.54) is 6.07 Å². The Hall–Kier alpha value is -3.35. The molecule has 3 aromatic rings. The standard InChI is InChI=1S/C20H19N3O4/c1-11(2)23-19-15(10-21-23)14(9-18(24)22-19)17-7-6-16(27-17)12-4-3-5-13(8-12)20(25)26/h3-8,10-11,14H,9H2,1-2H3,(H,22,24)(H,25,26)/t14-/m1/s1. The number of aromatic nitrogens is 2. The fourth-order valence-electron chi connectivity index (χ4n) is 3.38. The van der Waals surface area contributed by atoms with Gasteiger partial charge in [0.05, 0.1) is 17.7 Å². The number of fused-ring (bicyclic) bond motifs is 1. The largest absolute Gasteiger partial charge is 0.478 e. The van der Waals surface area contributed by atoms with E-state index in [1.54, 1.807) is 35.1 Å². The quantitative estimate of drug-likeness (QED) is 0.731. The SMILES string of the molecule is CC(C)n1ncc2c1NC(=O)C[C@H]2c1ccc(-c2cccc(C(=O)O)c2)o1. The van der Waals surface area contributed by atoms with Crippen LogP contribution in [0.3, 0.4) is 0 Å². The zero-order valence-corrected chi connectivity index (χ0v) is 15.0. The molecule has 0 saturated carbocycles. The van der Waals surface area contributed by atoms with Crippen molar-refractivity contribution in [2.45, 2.75) is 32.2 Å². The van der Waals surface area contributed by atoms with Gasteiger partial charge in [-0.15, -0.1) is 0 Å². The van der Waals surface area contributed by atoms with Gasteiger partial charge < -0.3 is 14.8 Å². The van der Waals surface area contributed by atoms with E-state index in [9.17, 15) is 9.59 Å². The Morgan fingerprint density at radius 2 is 2.15 bits per heavy atom. The van der Waals surface area contributed by atoms with Gasteiger partial charge in [0.2, 0.25) is 5.91 Å². The van der Waals surface area contributed by atoms with Gasteiger partial charge >= 0.3 is 5.97 Å². The van der Waals surface area contributed by atoms with Crippen LogP contribution in [0.25, 0.3) is 11.3 Å². The molecule has 4 rings (SSSR count). The first kappa shape index (κ1) is 17.1. The minimum atomic E-state index is -0.988. The molecule has 3 heterocycles. The predicted molar refractivity (Wildman–Crippen MR) is 98.8 cm³/mol. The molecule has 0 spiro atoms. The number of nitrogens with one attached hydrogen (secondary N) is 1. The van der Waals surface area contributed by atoms with E-state index >= 15 is 0 Å². The van der Waals surface area contributed by atoms with Crippen molar-refractivity contribution in [3.05, 3.63) is 59.5 Å². The molecular weight excluding hydrogens is 346 g/mol. The van der Waals surface area contributed by atoms with Crippen molar-refractivity contribution < 1.29 is 19.1 Å². The van der Waals surface area contributed by atoms with E-state index in [-0.39, 0.29) is 29.9 Å². The molecule has 27 heavy (non-hydrogen) atoms. The third-order valence-corrected chi connectivity index (χ3v) is 4.70. The molecule has 0 unspecified atom stereocenters. The van der Waals surface area contributed by atoms with Crippen molar-refractivity contribution in [2.24, 2.45) is 0 Å². The highest BCUT2D eigenvalue weighted by Gasteiger charge is 2.32. The summed E-state index contributed by atoms with van der Waals surface area (Å²) < 4.78 is 7.80. The van der Waals surface area contributed by atoms with Crippen molar-refractivity contribution in [2.75, 3.05) is 5.32 Å². The number of nitrogens with zero attached hydrogens (tertiary/aromatic N) is 2. The molecule has 0 saturated heterocycles. The Balaban J connectivity index is 1.71. The summed E-state index contributed by atoms with van der Waals surface area (Å²) in [6.07, 6.45) is 2.05. The highest BCUT2D eigenvalue weighted by Crippen LogP contribution is 2.39. The van der Waals surface area contributed by atoms with Gasteiger partial charge in [0.15, 0.2) is 0 Å². The molecule has 1 amide bonds. The van der Waals surface area contributed by atoms with Crippen LogP contribution in [0.1, 0.15) is 53.9 Å². The minimum absolute atomic E-state index is 0.0827. The average molecular weight is 365 g/mol. The van der Waals surface area contributed by atoms with Crippen LogP contribution in [0.2, 0.25) is 0 Å². The van der Waals surface area contributed by atoms with Crippen LogP contribution in [0, 0.1) is 0 Å². The monoisotopic (exact) mass is 365 g/mol. The summed E-state index contributed by atoms with van der Waals surface area (Å²) in [6, 6.07) is 10.3. The topological polar surface area (TPSA) is 97.4 Å². The van der Waals surface area contributed by atoms with Gasteiger partial charge in [0, 0.05) is 23.6 Å². The summed E-state index contributed by atoms with van der Waals surface area (Å²) in [5.41, 5.74) is 1.80. The summed E-state index contributed by atoms with van der Waals surface area (Å²) in [5, 5.41) is 16.5. The Labute approximate surface area is 155 Å². The number of amides is 1. The first-order valence-corrected chi connectivity index (χ1v) is 8.74. The molecule has 1 aliphatic rings. The van der Waals surface area contributed by atoms with Crippen molar-refractivity contribution >= 4 is 17.7 Å². The van der Waals surface area contributed by atoms with E-state index < -0.39 is 5.97 Å². The number of hydrogen-bond acceptors (Lipinski definition) is 4. The summed E-state index contributed by atoms with van der Waals surface area (Å²) in [4.78, 5) is 23.4. The third kappa shape index (κ3) is 3.01. The zero-order valence-electron chi connectivity index (χ0n) is 15.0. The van der Waals surface area contributed by atoms with Crippen molar-refractivity contribution in [1.82, 2.24) is 9.78 Å². The maximum Gasteiger partial charge on any atom is 0.335 e. The fraction of sp³-hybridized carbons (Fsp3) is 0.250. The van der Waals surface area contributed by atoms with E-state index in [1.807, 2.05) is 19.9 Å². The number of carboxylic acid groups (broad SMARTS) is 1.